The zero-order valence-electron chi connectivity index (χ0n) is 16.8. The number of phenols is 1. The number of fused-ring (bicyclic) bond motifs is 3. The second-order valence-electron chi connectivity index (χ2n) is 9.15. The fourth-order valence-electron chi connectivity index (χ4n) is 4.98. The third kappa shape index (κ3) is 3.57. The molecule has 0 aromatic heterocycles. The first-order chi connectivity index (χ1) is 12.9. The number of hydrogen-bond acceptors (Lipinski definition) is 5. The van der Waals surface area contributed by atoms with Gasteiger partial charge in [0.15, 0.2) is 11.5 Å². The molecule has 0 aliphatic carbocycles. The van der Waals surface area contributed by atoms with E-state index in [1.165, 1.54) is 6.42 Å². The van der Waals surface area contributed by atoms with Crippen molar-refractivity contribution in [3.05, 3.63) is 23.8 Å². The molecule has 5 heteroatoms. The Morgan fingerprint density at radius 1 is 1.33 bits per heavy atom. The number of morpholine rings is 1. The topological polar surface area (TPSA) is 60.0 Å². The summed E-state index contributed by atoms with van der Waals surface area (Å²) in [7, 11) is 0. The second-order valence-corrected chi connectivity index (χ2v) is 9.15. The van der Waals surface area contributed by atoms with Crippen LogP contribution in [0.4, 0.5) is 0 Å². The molecule has 4 atom stereocenters. The largest absolute Gasteiger partial charge is 0.504 e. The van der Waals surface area contributed by atoms with E-state index in [2.05, 4.69) is 26.1 Å². The summed E-state index contributed by atoms with van der Waals surface area (Å²) < 4.78 is 19.2. The van der Waals surface area contributed by atoms with Crippen LogP contribution in [-0.2, 0) is 9.47 Å². The Morgan fingerprint density at radius 3 is 2.93 bits per heavy atom. The van der Waals surface area contributed by atoms with Crippen LogP contribution >= 0.6 is 0 Å². The van der Waals surface area contributed by atoms with Crippen molar-refractivity contribution in [2.45, 2.75) is 63.8 Å². The average molecular weight is 376 g/mol. The summed E-state index contributed by atoms with van der Waals surface area (Å²) in [6.07, 6.45) is 4.09. The van der Waals surface area contributed by atoms with Crippen LogP contribution in [0.15, 0.2) is 18.2 Å². The first kappa shape index (κ1) is 19.0. The van der Waals surface area contributed by atoms with E-state index in [1.54, 1.807) is 6.07 Å². The molecule has 150 valence electrons. The van der Waals surface area contributed by atoms with Crippen molar-refractivity contribution < 1.29 is 19.3 Å². The minimum Gasteiger partial charge on any atom is -0.504 e. The van der Waals surface area contributed by atoms with E-state index in [1.807, 2.05) is 12.1 Å². The van der Waals surface area contributed by atoms with Crippen LogP contribution in [0.25, 0.3) is 0 Å². The zero-order valence-corrected chi connectivity index (χ0v) is 16.8. The van der Waals surface area contributed by atoms with Crippen molar-refractivity contribution in [3.8, 4) is 11.5 Å². The number of hydrogen-bond donors (Lipinski definition) is 2. The fraction of sp³-hybridized carbons (Fsp3) is 0.727. The van der Waals surface area contributed by atoms with Gasteiger partial charge in [-0.3, -0.25) is 0 Å². The third-order valence-electron chi connectivity index (χ3n) is 6.52. The quantitative estimate of drug-likeness (QED) is 0.838. The number of ether oxygens (including phenoxy) is 3. The van der Waals surface area contributed by atoms with Crippen molar-refractivity contribution in [2.75, 3.05) is 26.3 Å². The molecule has 2 saturated heterocycles. The first-order valence-electron chi connectivity index (χ1n) is 10.4. The van der Waals surface area contributed by atoms with E-state index in [-0.39, 0.29) is 29.0 Å². The van der Waals surface area contributed by atoms with E-state index in [9.17, 15) is 5.11 Å². The van der Waals surface area contributed by atoms with Crippen LogP contribution in [0, 0.1) is 11.8 Å². The number of para-hydroxylation sites is 1. The fourth-order valence-corrected chi connectivity index (χ4v) is 4.98. The average Bonchev–Trinajstić information content (AvgIpc) is 2.64. The molecule has 4 rings (SSSR count). The normalized spacial score (nSPS) is 35.6. The Morgan fingerprint density at radius 2 is 2.19 bits per heavy atom. The van der Waals surface area contributed by atoms with E-state index < -0.39 is 0 Å². The molecular formula is C22H33NO4. The van der Waals surface area contributed by atoms with E-state index in [0.717, 1.165) is 44.5 Å². The highest BCUT2D eigenvalue weighted by atomic mass is 16.6. The molecule has 1 spiro atoms. The molecule has 0 amide bonds. The highest BCUT2D eigenvalue weighted by Crippen LogP contribution is 2.55. The summed E-state index contributed by atoms with van der Waals surface area (Å²) in [6, 6.07) is 5.60. The number of nitrogens with one attached hydrogen (secondary N) is 1. The van der Waals surface area contributed by atoms with Crippen molar-refractivity contribution in [1.29, 1.82) is 0 Å². The Hall–Kier alpha value is -1.30. The monoisotopic (exact) mass is 375 g/mol. The summed E-state index contributed by atoms with van der Waals surface area (Å²) >= 11 is 0. The summed E-state index contributed by atoms with van der Waals surface area (Å²) in [6.45, 7) is 9.74. The highest BCUT2D eigenvalue weighted by molar-refractivity contribution is 5.49. The second kappa shape index (κ2) is 7.26. The maximum Gasteiger partial charge on any atom is 0.167 e. The van der Waals surface area contributed by atoms with Gasteiger partial charge in [-0.2, -0.15) is 0 Å². The molecule has 3 aliphatic rings. The zero-order chi connectivity index (χ0) is 19.1. The molecule has 5 nitrogen and oxygen atoms in total. The minimum absolute atomic E-state index is 0.0546. The van der Waals surface area contributed by atoms with Crippen LogP contribution in [0.1, 0.15) is 58.1 Å². The van der Waals surface area contributed by atoms with Crippen LogP contribution in [0.5, 0.6) is 11.5 Å². The lowest BCUT2D eigenvalue weighted by Crippen LogP contribution is -2.61. The molecule has 3 aliphatic heterocycles. The lowest BCUT2D eigenvalue weighted by Gasteiger charge is -2.54. The Labute approximate surface area is 162 Å². The summed E-state index contributed by atoms with van der Waals surface area (Å²) in [5, 5.41) is 13.9. The number of rotatable bonds is 4. The van der Waals surface area contributed by atoms with Gasteiger partial charge in [-0.05, 0) is 38.2 Å². The van der Waals surface area contributed by atoms with Crippen molar-refractivity contribution in [1.82, 2.24) is 5.32 Å². The lowest BCUT2D eigenvalue weighted by molar-refractivity contribution is -0.220. The molecule has 0 bridgehead atoms. The van der Waals surface area contributed by atoms with Gasteiger partial charge < -0.3 is 24.6 Å². The number of aromatic hydroxyl groups is 1. The lowest BCUT2D eigenvalue weighted by atomic mass is 9.69. The molecule has 0 saturated carbocycles. The molecule has 2 N–H and O–H groups in total. The van der Waals surface area contributed by atoms with Gasteiger partial charge in [0.2, 0.25) is 0 Å². The Bertz CT molecular complexity index is 670. The SMILES string of the molecule is CC(C)CCC[C@@]1(C)Oc2c(O)cccc2[C@H]2OC[C@]3(CNCCO3)C[C@@H]21. The van der Waals surface area contributed by atoms with Crippen LogP contribution in [0.3, 0.4) is 0 Å². The van der Waals surface area contributed by atoms with E-state index >= 15 is 0 Å². The molecule has 1 aromatic carbocycles. The molecule has 0 unspecified atom stereocenters. The smallest absolute Gasteiger partial charge is 0.167 e. The number of phenolic OH excluding ortho intramolecular Hbond substituents is 1. The molecule has 3 heterocycles. The summed E-state index contributed by atoms with van der Waals surface area (Å²) in [5.41, 5.74) is 0.329. The van der Waals surface area contributed by atoms with Gasteiger partial charge in [0, 0.05) is 24.6 Å². The van der Waals surface area contributed by atoms with Crippen molar-refractivity contribution in [3.63, 3.8) is 0 Å². The maximum absolute atomic E-state index is 10.4. The molecule has 0 radical (unpaired) electrons. The Balaban J connectivity index is 1.65. The van der Waals surface area contributed by atoms with Gasteiger partial charge in [-0.25, -0.2) is 0 Å². The van der Waals surface area contributed by atoms with Crippen LogP contribution in [0.2, 0.25) is 0 Å². The predicted molar refractivity (Wildman–Crippen MR) is 104 cm³/mol. The van der Waals surface area contributed by atoms with Gasteiger partial charge in [-0.1, -0.05) is 32.4 Å². The van der Waals surface area contributed by atoms with Crippen molar-refractivity contribution in [2.24, 2.45) is 11.8 Å². The molecule has 2 fully saturated rings. The van der Waals surface area contributed by atoms with Gasteiger partial charge in [0.25, 0.3) is 0 Å². The summed E-state index contributed by atoms with van der Waals surface area (Å²) in [4.78, 5) is 0. The van der Waals surface area contributed by atoms with Gasteiger partial charge in [0.05, 0.1) is 19.3 Å². The van der Waals surface area contributed by atoms with Crippen LogP contribution < -0.4 is 10.1 Å². The maximum atomic E-state index is 10.4. The Kier molecular flexibility index (Phi) is 5.12. The van der Waals surface area contributed by atoms with Gasteiger partial charge in [-0.15, -0.1) is 0 Å². The van der Waals surface area contributed by atoms with Crippen molar-refractivity contribution >= 4 is 0 Å². The summed E-state index contributed by atoms with van der Waals surface area (Å²) in [5.74, 6) is 1.69. The standard InChI is InChI=1S/C22H33NO4/c1-15(2)6-5-9-21(3)17-12-22(13-23-10-11-26-22)14-25-19(17)16-7-4-8-18(24)20(16)27-21/h4,7-8,15,17,19,23-24H,5-6,9-14H2,1-3H3/t17-,19+,21+,22+/m0/s1. The van der Waals surface area contributed by atoms with Gasteiger partial charge >= 0.3 is 0 Å². The predicted octanol–water partition coefficient (Wildman–Crippen LogP) is 3.81. The van der Waals surface area contributed by atoms with Crippen LogP contribution in [-0.4, -0.2) is 42.6 Å². The first-order valence-corrected chi connectivity index (χ1v) is 10.4. The van der Waals surface area contributed by atoms with E-state index in [0.29, 0.717) is 18.3 Å². The molecule has 1 aromatic rings. The minimum atomic E-state index is -0.375. The van der Waals surface area contributed by atoms with Gasteiger partial charge in [0.1, 0.15) is 11.2 Å². The molecule has 27 heavy (non-hydrogen) atoms. The highest BCUT2D eigenvalue weighted by Gasteiger charge is 2.55. The number of benzene rings is 1. The third-order valence-corrected chi connectivity index (χ3v) is 6.52. The van der Waals surface area contributed by atoms with E-state index in [4.69, 9.17) is 14.2 Å². The molecular weight excluding hydrogens is 342 g/mol.